The highest BCUT2D eigenvalue weighted by molar-refractivity contribution is 7.10. The van der Waals surface area contributed by atoms with Gasteiger partial charge in [-0.2, -0.15) is 0 Å². The Kier molecular flexibility index (Phi) is 4.38. The van der Waals surface area contributed by atoms with Crippen LogP contribution in [0.5, 0.6) is 0 Å². The summed E-state index contributed by atoms with van der Waals surface area (Å²) in [5.74, 6) is 0.424. The molecule has 3 aromatic carbocycles. The normalized spacial score (nSPS) is 16.1. The van der Waals surface area contributed by atoms with Crippen molar-refractivity contribution in [1.82, 2.24) is 0 Å². The van der Waals surface area contributed by atoms with E-state index in [9.17, 15) is 0 Å². The number of thiophene rings is 1. The average molecular weight is 382 g/mol. The molecule has 0 radical (unpaired) electrons. The van der Waals surface area contributed by atoms with Gasteiger partial charge >= 0.3 is 0 Å². The van der Waals surface area contributed by atoms with Crippen LogP contribution < -0.4 is 5.73 Å². The fourth-order valence-corrected chi connectivity index (χ4v) is 5.62. The quantitative estimate of drug-likeness (QED) is 0.426. The first kappa shape index (κ1) is 17.4. The lowest BCUT2D eigenvalue weighted by Crippen LogP contribution is -2.40. The zero-order valence-electron chi connectivity index (χ0n) is 15.7. The number of aryl methyl sites for hydroxylation is 1. The Balaban J connectivity index is 1.74. The summed E-state index contributed by atoms with van der Waals surface area (Å²) in [6.07, 6.45) is 2.33. The van der Waals surface area contributed by atoms with Crippen LogP contribution in [0, 0.1) is 0 Å². The molecule has 0 fully saturated rings. The van der Waals surface area contributed by atoms with Crippen LogP contribution in [0.2, 0.25) is 0 Å². The van der Waals surface area contributed by atoms with Crippen molar-refractivity contribution in [3.8, 4) is 0 Å². The summed E-state index contributed by atoms with van der Waals surface area (Å²) in [6.45, 7) is 0. The Morgan fingerprint density at radius 1 is 0.714 bits per heavy atom. The number of benzene rings is 3. The van der Waals surface area contributed by atoms with E-state index in [1.165, 1.54) is 34.4 Å². The van der Waals surface area contributed by atoms with Gasteiger partial charge in [-0.1, -0.05) is 84.9 Å². The minimum atomic E-state index is -0.683. The van der Waals surface area contributed by atoms with Gasteiger partial charge < -0.3 is 5.73 Å². The second kappa shape index (κ2) is 7.05. The fraction of sp³-hybridized carbons (Fsp3) is 0.154. The van der Waals surface area contributed by atoms with Gasteiger partial charge in [-0.15, -0.1) is 11.3 Å². The van der Waals surface area contributed by atoms with Gasteiger partial charge in [-0.3, -0.25) is 0 Å². The predicted octanol–water partition coefficient (Wildman–Crippen LogP) is 6.08. The highest BCUT2D eigenvalue weighted by Gasteiger charge is 2.36. The molecule has 1 heterocycles. The summed E-state index contributed by atoms with van der Waals surface area (Å²) in [4.78, 5) is 1.53. The van der Waals surface area contributed by atoms with Crippen molar-refractivity contribution in [2.45, 2.75) is 24.3 Å². The van der Waals surface area contributed by atoms with Gasteiger partial charge in [0.2, 0.25) is 0 Å². The summed E-state index contributed by atoms with van der Waals surface area (Å²) >= 11 is 1.89. The van der Waals surface area contributed by atoms with E-state index in [0.29, 0.717) is 5.92 Å². The molecule has 2 N–H and O–H groups in total. The van der Waals surface area contributed by atoms with Gasteiger partial charge in [-0.05, 0) is 52.1 Å². The van der Waals surface area contributed by atoms with Crippen molar-refractivity contribution < 1.29 is 0 Å². The monoisotopic (exact) mass is 381 g/mol. The van der Waals surface area contributed by atoms with Crippen molar-refractivity contribution in [3.63, 3.8) is 0 Å². The zero-order chi connectivity index (χ0) is 19.0. The molecule has 1 aliphatic rings. The van der Waals surface area contributed by atoms with E-state index in [-0.39, 0.29) is 0 Å². The lowest BCUT2D eigenvalue weighted by atomic mass is 9.73. The van der Waals surface area contributed by atoms with Crippen LogP contribution in [0.1, 0.15) is 45.0 Å². The third-order valence-corrected chi connectivity index (χ3v) is 7.03. The highest BCUT2D eigenvalue weighted by atomic mass is 32.1. The van der Waals surface area contributed by atoms with Crippen molar-refractivity contribution in [3.05, 3.63) is 129 Å². The Morgan fingerprint density at radius 3 is 2.00 bits per heavy atom. The summed E-state index contributed by atoms with van der Waals surface area (Å²) in [5.41, 5.74) is 12.9. The molecule has 0 aliphatic heterocycles. The Morgan fingerprint density at radius 2 is 1.32 bits per heavy atom. The molecule has 5 rings (SSSR count). The van der Waals surface area contributed by atoms with Crippen LogP contribution in [0.3, 0.4) is 0 Å². The van der Waals surface area contributed by atoms with Crippen LogP contribution in [0.4, 0.5) is 0 Å². The molecule has 0 amide bonds. The maximum absolute atomic E-state index is 7.33. The topological polar surface area (TPSA) is 26.0 Å². The van der Waals surface area contributed by atoms with Gasteiger partial charge in [0, 0.05) is 10.8 Å². The van der Waals surface area contributed by atoms with Gasteiger partial charge in [0.05, 0.1) is 5.54 Å². The van der Waals surface area contributed by atoms with E-state index >= 15 is 0 Å². The SMILES string of the molecule is NC(c1ccccc1)(c1ccccc1)c1ccccc1C1CCc2sccc21. The Bertz CT molecular complexity index is 1040. The first-order chi connectivity index (χ1) is 13.8. The van der Waals surface area contributed by atoms with E-state index < -0.39 is 5.54 Å². The van der Waals surface area contributed by atoms with E-state index in [2.05, 4.69) is 96.4 Å². The van der Waals surface area contributed by atoms with Crippen LogP contribution >= 0.6 is 11.3 Å². The predicted molar refractivity (Wildman–Crippen MR) is 118 cm³/mol. The molecule has 2 heteroatoms. The first-order valence-electron chi connectivity index (χ1n) is 9.84. The third kappa shape index (κ3) is 2.72. The molecule has 138 valence electrons. The fourth-order valence-electron chi connectivity index (χ4n) is 4.66. The number of rotatable bonds is 4. The molecule has 1 unspecified atom stereocenters. The minimum absolute atomic E-state index is 0.424. The Hall–Kier alpha value is -2.68. The summed E-state index contributed by atoms with van der Waals surface area (Å²) in [5, 5.41) is 2.23. The molecule has 0 spiro atoms. The molecule has 0 bridgehead atoms. The van der Waals surface area contributed by atoms with E-state index in [1.54, 1.807) is 0 Å². The van der Waals surface area contributed by atoms with Crippen LogP contribution in [0.25, 0.3) is 0 Å². The third-order valence-electron chi connectivity index (χ3n) is 6.03. The molecule has 1 nitrogen and oxygen atoms in total. The first-order valence-corrected chi connectivity index (χ1v) is 10.7. The molecule has 1 aliphatic carbocycles. The molecule has 1 atom stereocenters. The van der Waals surface area contributed by atoms with E-state index in [1.807, 2.05) is 11.3 Å². The van der Waals surface area contributed by atoms with Crippen LogP contribution in [0.15, 0.2) is 96.4 Å². The molecular weight excluding hydrogens is 358 g/mol. The largest absolute Gasteiger partial charge is 0.314 e. The number of hydrogen-bond acceptors (Lipinski definition) is 2. The maximum atomic E-state index is 7.33. The second-order valence-electron chi connectivity index (χ2n) is 7.52. The van der Waals surface area contributed by atoms with E-state index in [0.717, 1.165) is 11.1 Å². The molecule has 0 saturated heterocycles. The van der Waals surface area contributed by atoms with Gasteiger partial charge in [0.25, 0.3) is 0 Å². The maximum Gasteiger partial charge on any atom is 0.0925 e. The molecule has 4 aromatic rings. The van der Waals surface area contributed by atoms with Gasteiger partial charge in [0.1, 0.15) is 0 Å². The van der Waals surface area contributed by atoms with Crippen LogP contribution in [-0.2, 0) is 12.0 Å². The standard InChI is InChI=1S/C26H23NS/c27-26(19-9-3-1-4-10-19,20-11-5-2-6-12-20)24-14-8-7-13-22(24)21-15-16-25-23(21)17-18-28-25/h1-14,17-18,21H,15-16,27H2. The van der Waals surface area contributed by atoms with Crippen molar-refractivity contribution in [2.75, 3.05) is 0 Å². The van der Waals surface area contributed by atoms with Gasteiger partial charge in [-0.25, -0.2) is 0 Å². The summed E-state index contributed by atoms with van der Waals surface area (Å²) < 4.78 is 0. The number of fused-ring (bicyclic) bond motifs is 1. The minimum Gasteiger partial charge on any atom is -0.314 e. The molecular formula is C26H23NS. The van der Waals surface area contributed by atoms with Gasteiger partial charge in [0.15, 0.2) is 0 Å². The molecule has 0 saturated carbocycles. The van der Waals surface area contributed by atoms with Crippen molar-refractivity contribution in [2.24, 2.45) is 5.73 Å². The summed E-state index contributed by atoms with van der Waals surface area (Å²) in [6, 6.07) is 32.1. The molecule has 1 aromatic heterocycles. The average Bonchev–Trinajstić information content (AvgIpc) is 3.38. The summed E-state index contributed by atoms with van der Waals surface area (Å²) in [7, 11) is 0. The second-order valence-corrected chi connectivity index (χ2v) is 8.52. The highest BCUT2D eigenvalue weighted by Crippen LogP contribution is 2.45. The number of hydrogen-bond donors (Lipinski definition) is 1. The lowest BCUT2D eigenvalue weighted by Gasteiger charge is -2.34. The lowest BCUT2D eigenvalue weighted by molar-refractivity contribution is 0.632. The zero-order valence-corrected chi connectivity index (χ0v) is 16.5. The number of nitrogens with two attached hydrogens (primary N) is 1. The Labute approximate surface area is 170 Å². The smallest absolute Gasteiger partial charge is 0.0925 e. The van der Waals surface area contributed by atoms with E-state index in [4.69, 9.17) is 5.73 Å². The van der Waals surface area contributed by atoms with Crippen LogP contribution in [-0.4, -0.2) is 0 Å². The van der Waals surface area contributed by atoms with Crippen molar-refractivity contribution in [1.29, 1.82) is 0 Å². The molecule has 28 heavy (non-hydrogen) atoms. The van der Waals surface area contributed by atoms with Crippen molar-refractivity contribution >= 4 is 11.3 Å².